The van der Waals surface area contributed by atoms with E-state index in [0.717, 1.165) is 18.8 Å². The van der Waals surface area contributed by atoms with Crippen LogP contribution in [0.4, 0.5) is 21.5 Å². The molecule has 0 bridgehead atoms. The SMILES string of the molecule is O=C(CNc1cccc(F)c1)Nc1ccc(N2CCCC2)cc1. The van der Waals surface area contributed by atoms with Gasteiger partial charge in [-0.25, -0.2) is 4.39 Å². The molecule has 1 amide bonds. The fourth-order valence-corrected chi connectivity index (χ4v) is 2.72. The summed E-state index contributed by atoms with van der Waals surface area (Å²) in [4.78, 5) is 14.3. The lowest BCUT2D eigenvalue weighted by molar-refractivity contribution is -0.114. The van der Waals surface area contributed by atoms with Crippen LogP contribution in [0.5, 0.6) is 0 Å². The van der Waals surface area contributed by atoms with Gasteiger partial charge in [-0.05, 0) is 55.3 Å². The lowest BCUT2D eigenvalue weighted by Gasteiger charge is -2.17. The third-order valence-corrected chi connectivity index (χ3v) is 3.90. The lowest BCUT2D eigenvalue weighted by Crippen LogP contribution is -2.22. The second kappa shape index (κ2) is 7.13. The average molecular weight is 313 g/mol. The molecular weight excluding hydrogens is 293 g/mol. The Balaban J connectivity index is 1.51. The minimum Gasteiger partial charge on any atom is -0.376 e. The predicted octanol–water partition coefficient (Wildman–Crippen LogP) is 3.48. The normalized spacial score (nSPS) is 13.9. The van der Waals surface area contributed by atoms with Crippen molar-refractivity contribution in [1.29, 1.82) is 0 Å². The maximum absolute atomic E-state index is 13.1. The highest BCUT2D eigenvalue weighted by atomic mass is 19.1. The van der Waals surface area contributed by atoms with E-state index in [1.807, 2.05) is 24.3 Å². The van der Waals surface area contributed by atoms with Crippen LogP contribution in [-0.2, 0) is 4.79 Å². The molecule has 1 saturated heterocycles. The molecule has 0 aliphatic carbocycles. The van der Waals surface area contributed by atoms with Gasteiger partial charge in [0.25, 0.3) is 0 Å². The molecule has 0 aromatic heterocycles. The van der Waals surface area contributed by atoms with Crippen LogP contribution in [0.2, 0.25) is 0 Å². The van der Waals surface area contributed by atoms with Gasteiger partial charge in [-0.1, -0.05) is 6.07 Å². The molecule has 0 spiro atoms. The van der Waals surface area contributed by atoms with Crippen molar-refractivity contribution in [3.8, 4) is 0 Å². The Hall–Kier alpha value is -2.56. The summed E-state index contributed by atoms with van der Waals surface area (Å²) in [6.07, 6.45) is 2.48. The zero-order valence-electron chi connectivity index (χ0n) is 12.9. The molecule has 2 N–H and O–H groups in total. The molecule has 1 aliphatic rings. The molecule has 0 radical (unpaired) electrons. The fourth-order valence-electron chi connectivity index (χ4n) is 2.72. The highest BCUT2D eigenvalue weighted by Gasteiger charge is 2.12. The number of hydrogen-bond donors (Lipinski definition) is 2. The number of carbonyl (C=O) groups is 1. The summed E-state index contributed by atoms with van der Waals surface area (Å²) >= 11 is 0. The van der Waals surface area contributed by atoms with Gasteiger partial charge in [0.15, 0.2) is 0 Å². The number of benzene rings is 2. The van der Waals surface area contributed by atoms with Crippen molar-refractivity contribution in [2.24, 2.45) is 0 Å². The molecule has 0 unspecified atom stereocenters. The summed E-state index contributed by atoms with van der Waals surface area (Å²) in [6, 6.07) is 13.9. The molecule has 0 saturated carbocycles. The van der Waals surface area contributed by atoms with Crippen LogP contribution in [0.1, 0.15) is 12.8 Å². The Morgan fingerprint density at radius 1 is 1.04 bits per heavy atom. The number of anilines is 3. The van der Waals surface area contributed by atoms with Gasteiger partial charge in [0.1, 0.15) is 5.82 Å². The third kappa shape index (κ3) is 4.22. The number of carbonyl (C=O) groups excluding carboxylic acids is 1. The number of rotatable bonds is 5. The van der Waals surface area contributed by atoms with E-state index >= 15 is 0 Å². The van der Waals surface area contributed by atoms with E-state index in [-0.39, 0.29) is 18.3 Å². The summed E-state index contributed by atoms with van der Waals surface area (Å²) in [5.74, 6) is -0.490. The highest BCUT2D eigenvalue weighted by Crippen LogP contribution is 2.22. The molecule has 2 aromatic rings. The van der Waals surface area contributed by atoms with Crippen LogP contribution in [0.25, 0.3) is 0 Å². The number of nitrogens with one attached hydrogen (secondary N) is 2. The molecule has 1 heterocycles. The van der Waals surface area contributed by atoms with Crippen molar-refractivity contribution in [2.75, 3.05) is 35.2 Å². The standard InChI is InChI=1S/C18H20FN3O/c19-14-4-3-5-16(12-14)20-13-18(23)21-15-6-8-17(9-7-15)22-10-1-2-11-22/h3-9,12,20H,1-2,10-11,13H2,(H,21,23). The minimum atomic E-state index is -0.326. The molecule has 0 atom stereocenters. The quantitative estimate of drug-likeness (QED) is 0.888. The molecule has 2 aromatic carbocycles. The molecule has 3 rings (SSSR count). The van der Waals surface area contributed by atoms with E-state index in [0.29, 0.717) is 5.69 Å². The van der Waals surface area contributed by atoms with Crippen molar-refractivity contribution in [3.63, 3.8) is 0 Å². The number of hydrogen-bond acceptors (Lipinski definition) is 3. The first kappa shape index (κ1) is 15.3. The van der Waals surface area contributed by atoms with Crippen LogP contribution in [-0.4, -0.2) is 25.5 Å². The van der Waals surface area contributed by atoms with Gasteiger partial charge >= 0.3 is 0 Å². The van der Waals surface area contributed by atoms with Crippen LogP contribution >= 0.6 is 0 Å². The second-order valence-corrected chi connectivity index (χ2v) is 5.65. The fraction of sp³-hybridized carbons (Fsp3) is 0.278. The van der Waals surface area contributed by atoms with E-state index < -0.39 is 0 Å². The van der Waals surface area contributed by atoms with Crippen LogP contribution in [0.15, 0.2) is 48.5 Å². The van der Waals surface area contributed by atoms with Crippen LogP contribution in [0.3, 0.4) is 0 Å². The maximum Gasteiger partial charge on any atom is 0.243 e. The Bertz CT molecular complexity index is 666. The Labute approximate surface area is 135 Å². The van der Waals surface area contributed by atoms with E-state index in [1.165, 1.54) is 30.7 Å². The smallest absolute Gasteiger partial charge is 0.243 e. The zero-order chi connectivity index (χ0) is 16.1. The van der Waals surface area contributed by atoms with Crippen molar-refractivity contribution >= 4 is 23.0 Å². The van der Waals surface area contributed by atoms with E-state index in [2.05, 4.69) is 15.5 Å². The van der Waals surface area contributed by atoms with Gasteiger partial charge in [0, 0.05) is 30.2 Å². The van der Waals surface area contributed by atoms with Gasteiger partial charge in [-0.15, -0.1) is 0 Å². The number of halogens is 1. The summed E-state index contributed by atoms with van der Waals surface area (Å²) in [6.45, 7) is 2.30. The number of nitrogens with zero attached hydrogens (tertiary/aromatic N) is 1. The second-order valence-electron chi connectivity index (χ2n) is 5.65. The van der Waals surface area contributed by atoms with E-state index in [4.69, 9.17) is 0 Å². The Morgan fingerprint density at radius 2 is 1.78 bits per heavy atom. The summed E-state index contributed by atoms with van der Waals surface area (Å²) in [5, 5.41) is 5.73. The topological polar surface area (TPSA) is 44.4 Å². The van der Waals surface area contributed by atoms with E-state index in [1.54, 1.807) is 12.1 Å². The van der Waals surface area contributed by atoms with Gasteiger partial charge in [0.05, 0.1) is 6.54 Å². The summed E-state index contributed by atoms with van der Waals surface area (Å²) in [7, 11) is 0. The first-order valence-corrected chi connectivity index (χ1v) is 7.85. The van der Waals surface area contributed by atoms with Crippen molar-refractivity contribution in [3.05, 3.63) is 54.3 Å². The predicted molar refractivity (Wildman–Crippen MR) is 91.4 cm³/mol. The van der Waals surface area contributed by atoms with E-state index in [9.17, 15) is 9.18 Å². The molecule has 4 nitrogen and oxygen atoms in total. The molecule has 5 heteroatoms. The molecular formula is C18H20FN3O. The van der Waals surface area contributed by atoms with Crippen molar-refractivity contribution in [1.82, 2.24) is 0 Å². The summed E-state index contributed by atoms with van der Waals surface area (Å²) < 4.78 is 13.1. The maximum atomic E-state index is 13.1. The van der Waals surface area contributed by atoms with Crippen LogP contribution in [0, 0.1) is 5.82 Å². The third-order valence-electron chi connectivity index (χ3n) is 3.90. The monoisotopic (exact) mass is 313 g/mol. The van der Waals surface area contributed by atoms with Crippen LogP contribution < -0.4 is 15.5 Å². The first-order chi connectivity index (χ1) is 11.2. The zero-order valence-corrected chi connectivity index (χ0v) is 12.9. The molecule has 23 heavy (non-hydrogen) atoms. The highest BCUT2D eigenvalue weighted by molar-refractivity contribution is 5.93. The van der Waals surface area contributed by atoms with Crippen molar-refractivity contribution in [2.45, 2.75) is 12.8 Å². The number of amides is 1. The van der Waals surface area contributed by atoms with Gasteiger partial charge in [0.2, 0.25) is 5.91 Å². The van der Waals surface area contributed by atoms with Crippen molar-refractivity contribution < 1.29 is 9.18 Å². The van der Waals surface area contributed by atoms with Gasteiger partial charge in [-0.3, -0.25) is 4.79 Å². The first-order valence-electron chi connectivity index (χ1n) is 7.85. The average Bonchev–Trinajstić information content (AvgIpc) is 3.08. The Kier molecular flexibility index (Phi) is 4.76. The Morgan fingerprint density at radius 3 is 2.48 bits per heavy atom. The molecule has 1 aliphatic heterocycles. The molecule has 120 valence electrons. The van der Waals surface area contributed by atoms with Gasteiger partial charge in [-0.2, -0.15) is 0 Å². The summed E-state index contributed by atoms with van der Waals surface area (Å²) in [5.41, 5.74) is 2.54. The molecule has 1 fully saturated rings. The van der Waals surface area contributed by atoms with Gasteiger partial charge < -0.3 is 15.5 Å². The largest absolute Gasteiger partial charge is 0.376 e. The lowest BCUT2D eigenvalue weighted by atomic mass is 10.2. The minimum absolute atomic E-state index is 0.0946.